The minimum Gasteiger partial charge on any atom is -0.359 e. The number of hydrogen-bond donors (Lipinski definition) is 1. The van der Waals surface area contributed by atoms with Crippen molar-refractivity contribution in [2.45, 2.75) is 65.0 Å². The van der Waals surface area contributed by atoms with E-state index in [4.69, 9.17) is 4.52 Å². The Morgan fingerprint density at radius 3 is 3.03 bits per heavy atom. The summed E-state index contributed by atoms with van der Waals surface area (Å²) in [7, 11) is 0. The fourth-order valence-corrected chi connectivity index (χ4v) is 4.94. The molecule has 0 radical (unpaired) electrons. The lowest BCUT2D eigenvalue weighted by Crippen LogP contribution is -2.56. The smallest absolute Gasteiger partial charge is 0.273 e. The summed E-state index contributed by atoms with van der Waals surface area (Å²) in [5.74, 6) is 0.624. The Morgan fingerprint density at radius 2 is 2.28 bits per heavy atom. The molecule has 1 N–H and O–H groups in total. The van der Waals surface area contributed by atoms with E-state index in [0.717, 1.165) is 44.2 Å². The van der Waals surface area contributed by atoms with Crippen molar-refractivity contribution in [3.05, 3.63) is 35.5 Å². The average Bonchev–Trinajstić information content (AvgIpc) is 3.43. The van der Waals surface area contributed by atoms with E-state index in [1.807, 2.05) is 13.1 Å². The van der Waals surface area contributed by atoms with Crippen molar-refractivity contribution >= 4 is 11.8 Å². The molecule has 8 nitrogen and oxygen atoms in total. The molecule has 2 aromatic rings. The average molecular weight is 399 g/mol. The van der Waals surface area contributed by atoms with Gasteiger partial charge in [0.15, 0.2) is 11.5 Å². The Labute approximate surface area is 170 Å². The van der Waals surface area contributed by atoms with Crippen molar-refractivity contribution in [1.29, 1.82) is 0 Å². The van der Waals surface area contributed by atoms with E-state index in [-0.39, 0.29) is 29.0 Å². The number of carbonyl (C=O) groups is 2. The monoisotopic (exact) mass is 399 g/mol. The number of nitrogens with zero attached hydrogens (tertiary/aromatic N) is 4. The molecule has 1 saturated carbocycles. The fourth-order valence-electron chi connectivity index (χ4n) is 4.94. The zero-order valence-corrected chi connectivity index (χ0v) is 17.2. The maximum Gasteiger partial charge on any atom is 0.273 e. The molecule has 1 aliphatic heterocycles. The van der Waals surface area contributed by atoms with Crippen LogP contribution in [-0.2, 0) is 11.3 Å². The lowest BCUT2D eigenvalue weighted by molar-refractivity contribution is -0.141. The van der Waals surface area contributed by atoms with E-state index in [1.165, 1.54) is 0 Å². The summed E-state index contributed by atoms with van der Waals surface area (Å²) in [5.41, 5.74) is 1.33. The summed E-state index contributed by atoms with van der Waals surface area (Å²) in [6, 6.07) is 1.91. The molecule has 29 heavy (non-hydrogen) atoms. The van der Waals surface area contributed by atoms with Gasteiger partial charge in [-0.3, -0.25) is 14.3 Å². The van der Waals surface area contributed by atoms with Crippen LogP contribution in [0.4, 0.5) is 0 Å². The normalized spacial score (nSPS) is 24.0. The van der Waals surface area contributed by atoms with Gasteiger partial charge in [-0.05, 0) is 38.2 Å². The fraction of sp³-hybridized carbons (Fsp3) is 0.619. The molecule has 3 heterocycles. The van der Waals surface area contributed by atoms with Crippen molar-refractivity contribution in [1.82, 2.24) is 25.2 Å². The zero-order valence-electron chi connectivity index (χ0n) is 17.2. The highest BCUT2D eigenvalue weighted by Crippen LogP contribution is 2.47. The highest BCUT2D eigenvalue weighted by atomic mass is 16.5. The molecule has 8 heteroatoms. The van der Waals surface area contributed by atoms with Crippen LogP contribution in [0.5, 0.6) is 0 Å². The Balaban J connectivity index is 1.39. The Morgan fingerprint density at radius 1 is 1.41 bits per heavy atom. The molecule has 156 valence electrons. The number of nitrogens with one attached hydrogen (secondary N) is 1. The second-order valence-electron chi connectivity index (χ2n) is 8.43. The highest BCUT2D eigenvalue weighted by Gasteiger charge is 2.50. The first-order valence-corrected chi connectivity index (χ1v) is 10.5. The molecule has 2 fully saturated rings. The van der Waals surface area contributed by atoms with Gasteiger partial charge in [0.05, 0.1) is 6.20 Å². The SMILES string of the molecule is CCCN1C(=O)CC[C@]2(CNC(=O)c3cc(Cn4cc(C)cn4)on3)CCC[C@@H]12. The molecular weight excluding hydrogens is 370 g/mol. The van der Waals surface area contributed by atoms with E-state index >= 15 is 0 Å². The van der Waals surface area contributed by atoms with Crippen LogP contribution in [0.25, 0.3) is 0 Å². The topological polar surface area (TPSA) is 93.3 Å². The number of hydrogen-bond acceptors (Lipinski definition) is 5. The molecule has 0 bridgehead atoms. The summed E-state index contributed by atoms with van der Waals surface area (Å²) in [4.78, 5) is 27.1. The maximum absolute atomic E-state index is 12.7. The first-order valence-electron chi connectivity index (χ1n) is 10.5. The van der Waals surface area contributed by atoms with Gasteiger partial charge >= 0.3 is 0 Å². The molecule has 1 saturated heterocycles. The molecule has 2 amide bonds. The van der Waals surface area contributed by atoms with Crippen LogP contribution >= 0.6 is 0 Å². The van der Waals surface area contributed by atoms with E-state index < -0.39 is 0 Å². The quantitative estimate of drug-likeness (QED) is 0.772. The second kappa shape index (κ2) is 8.00. The Hall–Kier alpha value is -2.64. The van der Waals surface area contributed by atoms with Gasteiger partial charge in [0.25, 0.3) is 5.91 Å². The number of rotatable bonds is 7. The molecular formula is C21H29N5O3. The van der Waals surface area contributed by atoms with Gasteiger partial charge in [-0.25, -0.2) is 0 Å². The predicted octanol–water partition coefficient (Wildman–Crippen LogP) is 2.53. The lowest BCUT2D eigenvalue weighted by atomic mass is 9.74. The summed E-state index contributed by atoms with van der Waals surface area (Å²) >= 11 is 0. The number of aryl methyl sites for hydroxylation is 1. The van der Waals surface area contributed by atoms with E-state index in [9.17, 15) is 9.59 Å². The van der Waals surface area contributed by atoms with E-state index in [2.05, 4.69) is 27.4 Å². The minimum atomic E-state index is -0.226. The van der Waals surface area contributed by atoms with Gasteiger partial charge in [0.2, 0.25) is 5.91 Å². The number of fused-ring (bicyclic) bond motifs is 1. The van der Waals surface area contributed by atoms with Gasteiger partial charge in [-0.1, -0.05) is 18.5 Å². The molecule has 2 aromatic heterocycles. The van der Waals surface area contributed by atoms with Crippen molar-refractivity contribution in [3.8, 4) is 0 Å². The number of aromatic nitrogens is 3. The zero-order chi connectivity index (χ0) is 20.4. The molecule has 0 spiro atoms. The van der Waals surface area contributed by atoms with Gasteiger partial charge in [-0.2, -0.15) is 5.10 Å². The first-order chi connectivity index (χ1) is 14.0. The predicted molar refractivity (Wildman–Crippen MR) is 106 cm³/mol. The summed E-state index contributed by atoms with van der Waals surface area (Å²) in [5, 5.41) is 11.2. The van der Waals surface area contributed by atoms with Gasteiger partial charge < -0.3 is 14.7 Å². The number of carbonyl (C=O) groups excluding carboxylic acids is 2. The van der Waals surface area contributed by atoms with Crippen molar-refractivity contribution in [2.24, 2.45) is 5.41 Å². The van der Waals surface area contributed by atoms with Crippen LogP contribution in [0.1, 0.15) is 67.3 Å². The van der Waals surface area contributed by atoms with Crippen molar-refractivity contribution < 1.29 is 14.1 Å². The highest BCUT2D eigenvalue weighted by molar-refractivity contribution is 5.92. The van der Waals surface area contributed by atoms with Crippen molar-refractivity contribution in [2.75, 3.05) is 13.1 Å². The van der Waals surface area contributed by atoms with Gasteiger partial charge in [0, 0.05) is 43.2 Å². The largest absolute Gasteiger partial charge is 0.359 e. The van der Waals surface area contributed by atoms with Crippen LogP contribution in [0, 0.1) is 12.3 Å². The third kappa shape index (κ3) is 3.93. The molecule has 4 rings (SSSR count). The second-order valence-corrected chi connectivity index (χ2v) is 8.43. The van der Waals surface area contributed by atoms with Gasteiger partial charge in [-0.15, -0.1) is 0 Å². The standard InChI is InChI=1S/C21H29N5O3/c1-3-9-26-18-5-4-7-21(18,8-6-19(26)27)14-22-20(28)17-10-16(29-24-17)13-25-12-15(2)11-23-25/h10-12,18H,3-9,13-14H2,1-2H3,(H,22,28)/t18-,21+/m1/s1. The number of likely N-dealkylation sites (tertiary alicyclic amines) is 1. The summed E-state index contributed by atoms with van der Waals surface area (Å²) in [6.45, 7) is 5.89. The number of piperidine rings is 1. The Kier molecular flexibility index (Phi) is 5.43. The summed E-state index contributed by atoms with van der Waals surface area (Å²) < 4.78 is 7.07. The third-order valence-electron chi connectivity index (χ3n) is 6.33. The molecule has 2 atom stereocenters. The first kappa shape index (κ1) is 19.7. The maximum atomic E-state index is 12.7. The van der Waals surface area contributed by atoms with Crippen LogP contribution in [0.3, 0.4) is 0 Å². The van der Waals surface area contributed by atoms with Crippen LogP contribution < -0.4 is 5.32 Å². The van der Waals surface area contributed by atoms with Crippen LogP contribution in [0.15, 0.2) is 23.0 Å². The molecule has 1 aliphatic carbocycles. The van der Waals surface area contributed by atoms with Gasteiger partial charge in [0.1, 0.15) is 6.54 Å². The minimum absolute atomic E-state index is 0.0160. The molecule has 2 aliphatic rings. The summed E-state index contributed by atoms with van der Waals surface area (Å²) in [6.07, 6.45) is 9.25. The third-order valence-corrected chi connectivity index (χ3v) is 6.33. The van der Waals surface area contributed by atoms with Crippen LogP contribution in [-0.4, -0.2) is 50.8 Å². The van der Waals surface area contributed by atoms with E-state index in [1.54, 1.807) is 16.9 Å². The molecule has 0 unspecified atom stereocenters. The van der Waals surface area contributed by atoms with Crippen LogP contribution in [0.2, 0.25) is 0 Å². The Bertz CT molecular complexity index is 889. The van der Waals surface area contributed by atoms with E-state index in [0.29, 0.717) is 25.3 Å². The number of amides is 2. The molecule has 0 aromatic carbocycles. The lowest BCUT2D eigenvalue weighted by Gasteiger charge is -2.46. The van der Waals surface area contributed by atoms with Crippen molar-refractivity contribution in [3.63, 3.8) is 0 Å².